The third-order valence-electron chi connectivity index (χ3n) is 2.91. The predicted octanol–water partition coefficient (Wildman–Crippen LogP) is 3.81. The molecular formula is C16H18N2OS. The molecule has 4 heteroatoms. The van der Waals surface area contributed by atoms with Crippen LogP contribution in [0.1, 0.15) is 41.6 Å². The van der Waals surface area contributed by atoms with E-state index in [1.54, 1.807) is 17.6 Å². The average molecular weight is 286 g/mol. The predicted molar refractivity (Wildman–Crippen MR) is 84.5 cm³/mol. The summed E-state index contributed by atoms with van der Waals surface area (Å²) in [4.78, 5) is 12.9. The molecule has 0 fully saturated rings. The molecule has 0 atom stereocenters. The Morgan fingerprint density at radius 1 is 1.20 bits per heavy atom. The summed E-state index contributed by atoms with van der Waals surface area (Å²) in [5.74, 6) is -0.196. The topological polar surface area (TPSA) is 41.5 Å². The number of carbonyl (C=O) groups excluding carboxylic acids is 1. The van der Waals surface area contributed by atoms with E-state index in [1.807, 2.05) is 41.8 Å². The van der Waals surface area contributed by atoms with Gasteiger partial charge in [0.25, 0.3) is 5.91 Å². The molecule has 0 spiro atoms. The molecule has 20 heavy (non-hydrogen) atoms. The standard InChI is InChI=1S/C16H18N2OS/c1-16(2,3)13-8-6-12(7-9-13)15(19)18-17-11-14-5-4-10-20-14/h4-11H,1-3H3,(H,18,19)/b17-11+. The molecule has 1 heterocycles. The number of thiophene rings is 1. The van der Waals surface area contributed by atoms with Crippen LogP contribution in [0.3, 0.4) is 0 Å². The quantitative estimate of drug-likeness (QED) is 0.676. The smallest absolute Gasteiger partial charge is 0.267 e. The van der Waals surface area contributed by atoms with Crippen molar-refractivity contribution in [3.63, 3.8) is 0 Å². The molecule has 0 bridgehead atoms. The first-order valence-electron chi connectivity index (χ1n) is 6.44. The van der Waals surface area contributed by atoms with Crippen molar-refractivity contribution in [3.8, 4) is 0 Å². The third kappa shape index (κ3) is 3.78. The van der Waals surface area contributed by atoms with Crippen LogP contribution < -0.4 is 5.43 Å². The summed E-state index contributed by atoms with van der Waals surface area (Å²) in [6.07, 6.45) is 1.64. The summed E-state index contributed by atoms with van der Waals surface area (Å²) in [5.41, 5.74) is 4.44. The van der Waals surface area contributed by atoms with Crippen LogP contribution in [0, 0.1) is 0 Å². The molecule has 1 aromatic carbocycles. The Morgan fingerprint density at radius 2 is 1.90 bits per heavy atom. The van der Waals surface area contributed by atoms with Gasteiger partial charge in [0.15, 0.2) is 0 Å². The van der Waals surface area contributed by atoms with Gasteiger partial charge in [0.2, 0.25) is 0 Å². The molecule has 0 radical (unpaired) electrons. The second kappa shape index (κ2) is 6.01. The Kier molecular flexibility index (Phi) is 4.35. The van der Waals surface area contributed by atoms with Crippen LogP contribution >= 0.6 is 11.3 Å². The van der Waals surface area contributed by atoms with Crippen molar-refractivity contribution < 1.29 is 4.79 Å². The second-order valence-corrected chi connectivity index (χ2v) is 6.52. The summed E-state index contributed by atoms with van der Waals surface area (Å²) in [5, 5.41) is 5.91. The van der Waals surface area contributed by atoms with Gasteiger partial charge in [-0.3, -0.25) is 4.79 Å². The highest BCUT2D eigenvalue weighted by Crippen LogP contribution is 2.22. The van der Waals surface area contributed by atoms with E-state index in [4.69, 9.17) is 0 Å². The van der Waals surface area contributed by atoms with Crippen molar-refractivity contribution in [2.24, 2.45) is 5.10 Å². The average Bonchev–Trinajstić information content (AvgIpc) is 2.91. The SMILES string of the molecule is CC(C)(C)c1ccc(C(=O)N/N=C/c2cccs2)cc1. The van der Waals surface area contributed by atoms with Crippen LogP contribution in [-0.4, -0.2) is 12.1 Å². The van der Waals surface area contributed by atoms with Gasteiger partial charge in [-0.05, 0) is 34.6 Å². The van der Waals surface area contributed by atoms with Gasteiger partial charge >= 0.3 is 0 Å². The van der Waals surface area contributed by atoms with Crippen molar-refractivity contribution in [1.29, 1.82) is 0 Å². The van der Waals surface area contributed by atoms with Crippen molar-refractivity contribution in [3.05, 3.63) is 57.8 Å². The number of nitrogens with zero attached hydrogens (tertiary/aromatic N) is 1. The summed E-state index contributed by atoms with van der Waals surface area (Å²) in [6.45, 7) is 6.44. The number of hydrogen-bond donors (Lipinski definition) is 1. The Labute approximate surface area is 123 Å². The van der Waals surface area contributed by atoms with Gasteiger partial charge in [0, 0.05) is 10.4 Å². The molecule has 0 saturated carbocycles. The highest BCUT2D eigenvalue weighted by molar-refractivity contribution is 7.11. The molecule has 104 valence electrons. The minimum Gasteiger partial charge on any atom is -0.267 e. The van der Waals surface area contributed by atoms with Gasteiger partial charge in [-0.1, -0.05) is 39.0 Å². The van der Waals surface area contributed by atoms with Crippen LogP contribution in [0.2, 0.25) is 0 Å². The molecule has 0 aliphatic rings. The van der Waals surface area contributed by atoms with Crippen molar-refractivity contribution in [2.45, 2.75) is 26.2 Å². The molecule has 0 saturated heterocycles. The van der Waals surface area contributed by atoms with E-state index < -0.39 is 0 Å². The first-order valence-corrected chi connectivity index (χ1v) is 7.32. The van der Waals surface area contributed by atoms with E-state index in [9.17, 15) is 4.79 Å². The molecule has 0 aliphatic heterocycles. The second-order valence-electron chi connectivity index (χ2n) is 5.54. The maximum absolute atomic E-state index is 11.9. The van der Waals surface area contributed by atoms with Gasteiger partial charge in [-0.2, -0.15) is 5.10 Å². The van der Waals surface area contributed by atoms with E-state index in [2.05, 4.69) is 31.3 Å². The van der Waals surface area contributed by atoms with Crippen LogP contribution in [0.25, 0.3) is 0 Å². The van der Waals surface area contributed by atoms with Crippen LogP contribution in [-0.2, 0) is 5.41 Å². The zero-order valence-electron chi connectivity index (χ0n) is 11.9. The van der Waals surface area contributed by atoms with Gasteiger partial charge < -0.3 is 0 Å². The summed E-state index contributed by atoms with van der Waals surface area (Å²) < 4.78 is 0. The van der Waals surface area contributed by atoms with Gasteiger partial charge in [-0.15, -0.1) is 11.3 Å². The molecule has 2 aromatic rings. The van der Waals surface area contributed by atoms with E-state index >= 15 is 0 Å². The van der Waals surface area contributed by atoms with Crippen LogP contribution in [0.4, 0.5) is 0 Å². The highest BCUT2D eigenvalue weighted by Gasteiger charge is 2.13. The van der Waals surface area contributed by atoms with Crippen molar-refractivity contribution >= 4 is 23.5 Å². The maximum atomic E-state index is 11.9. The lowest BCUT2D eigenvalue weighted by molar-refractivity contribution is 0.0955. The fourth-order valence-electron chi connectivity index (χ4n) is 1.71. The summed E-state index contributed by atoms with van der Waals surface area (Å²) >= 11 is 1.57. The Hall–Kier alpha value is -1.94. The first-order chi connectivity index (χ1) is 9.47. The maximum Gasteiger partial charge on any atom is 0.271 e. The highest BCUT2D eigenvalue weighted by atomic mass is 32.1. The molecule has 0 aliphatic carbocycles. The number of hydrogen-bond acceptors (Lipinski definition) is 3. The van der Waals surface area contributed by atoms with Gasteiger partial charge in [0.1, 0.15) is 0 Å². The lowest BCUT2D eigenvalue weighted by atomic mass is 9.87. The van der Waals surface area contributed by atoms with Crippen LogP contribution in [0.5, 0.6) is 0 Å². The van der Waals surface area contributed by atoms with E-state index in [0.29, 0.717) is 5.56 Å². The van der Waals surface area contributed by atoms with E-state index in [1.165, 1.54) is 5.56 Å². The minimum absolute atomic E-state index is 0.0896. The molecule has 3 nitrogen and oxygen atoms in total. The number of rotatable bonds is 3. The molecule has 0 unspecified atom stereocenters. The summed E-state index contributed by atoms with van der Waals surface area (Å²) in [7, 11) is 0. The Morgan fingerprint density at radius 3 is 2.45 bits per heavy atom. The summed E-state index contributed by atoms with van der Waals surface area (Å²) in [6, 6.07) is 11.5. The number of hydrazone groups is 1. The van der Waals surface area contributed by atoms with Crippen molar-refractivity contribution in [2.75, 3.05) is 0 Å². The molecule has 1 N–H and O–H groups in total. The number of carbonyl (C=O) groups is 1. The number of nitrogens with one attached hydrogen (secondary N) is 1. The lowest BCUT2D eigenvalue weighted by Crippen LogP contribution is -2.18. The fourth-order valence-corrected chi connectivity index (χ4v) is 2.29. The van der Waals surface area contributed by atoms with Gasteiger partial charge in [-0.25, -0.2) is 5.43 Å². The Bertz CT molecular complexity index is 592. The molecular weight excluding hydrogens is 268 g/mol. The molecule has 1 amide bonds. The first kappa shape index (κ1) is 14.5. The van der Waals surface area contributed by atoms with E-state index in [-0.39, 0.29) is 11.3 Å². The monoisotopic (exact) mass is 286 g/mol. The minimum atomic E-state index is -0.196. The van der Waals surface area contributed by atoms with Crippen LogP contribution in [0.15, 0.2) is 46.9 Å². The zero-order valence-corrected chi connectivity index (χ0v) is 12.7. The zero-order chi connectivity index (χ0) is 14.6. The largest absolute Gasteiger partial charge is 0.271 e. The number of benzene rings is 1. The third-order valence-corrected chi connectivity index (χ3v) is 3.72. The number of amides is 1. The fraction of sp³-hybridized carbons (Fsp3) is 0.250. The van der Waals surface area contributed by atoms with Gasteiger partial charge in [0.05, 0.1) is 6.21 Å². The van der Waals surface area contributed by atoms with Crippen molar-refractivity contribution in [1.82, 2.24) is 5.43 Å². The molecule has 2 rings (SSSR count). The Balaban J connectivity index is 1.99. The van der Waals surface area contributed by atoms with E-state index in [0.717, 1.165) is 4.88 Å². The molecule has 1 aromatic heterocycles. The lowest BCUT2D eigenvalue weighted by Gasteiger charge is -2.18. The normalized spacial score (nSPS) is 11.8.